The van der Waals surface area contributed by atoms with E-state index in [4.69, 9.17) is 28.1 Å². The minimum absolute atomic E-state index is 0.519. The van der Waals surface area contributed by atoms with Crippen LogP contribution in [0, 0.1) is 0 Å². The fraction of sp³-hybridized carbons (Fsp3) is 0.238. The Bertz CT molecular complexity index is 1160. The molecule has 140 valence electrons. The molecule has 0 spiro atoms. The average Bonchev–Trinajstić information content (AvgIpc) is 3.20. The smallest absolute Gasteiger partial charge is 0.204 e. The molecule has 0 saturated carbocycles. The highest BCUT2D eigenvalue weighted by molar-refractivity contribution is 6.26. The molecular formula is C21H20O6. The van der Waals surface area contributed by atoms with E-state index in [1.165, 1.54) is 0 Å². The minimum Gasteiger partial charge on any atom is -0.493 e. The average molecular weight is 368 g/mol. The maximum absolute atomic E-state index is 5.84. The largest absolute Gasteiger partial charge is 0.493 e. The number of furan rings is 1. The highest BCUT2D eigenvalue weighted by atomic mass is 16.5. The molecule has 6 nitrogen and oxygen atoms in total. The highest BCUT2D eigenvalue weighted by Crippen LogP contribution is 2.50. The van der Waals surface area contributed by atoms with Crippen LogP contribution in [0.1, 0.15) is 0 Å². The molecule has 0 bridgehead atoms. The van der Waals surface area contributed by atoms with Crippen molar-refractivity contribution in [2.45, 2.75) is 0 Å². The van der Waals surface area contributed by atoms with Crippen molar-refractivity contribution < 1.29 is 28.1 Å². The van der Waals surface area contributed by atoms with Crippen molar-refractivity contribution in [3.05, 3.63) is 30.5 Å². The first-order valence-corrected chi connectivity index (χ1v) is 8.36. The Balaban J connectivity index is 2.31. The molecule has 6 heteroatoms. The summed E-state index contributed by atoms with van der Waals surface area (Å²) in [7, 11) is 8.02. The normalized spacial score (nSPS) is 11.1. The molecule has 4 aromatic rings. The number of rotatable bonds is 5. The van der Waals surface area contributed by atoms with Gasteiger partial charge >= 0.3 is 0 Å². The van der Waals surface area contributed by atoms with E-state index in [2.05, 4.69) is 0 Å². The Morgan fingerprint density at radius 3 is 1.70 bits per heavy atom. The fourth-order valence-corrected chi connectivity index (χ4v) is 3.63. The maximum Gasteiger partial charge on any atom is 0.204 e. The van der Waals surface area contributed by atoms with Crippen molar-refractivity contribution in [2.75, 3.05) is 35.5 Å². The van der Waals surface area contributed by atoms with E-state index in [0.717, 1.165) is 26.9 Å². The molecule has 0 N–H and O–H groups in total. The Morgan fingerprint density at radius 2 is 1.15 bits per heavy atom. The molecule has 0 fully saturated rings. The lowest BCUT2D eigenvalue weighted by Crippen LogP contribution is -1.97. The van der Waals surface area contributed by atoms with Crippen LogP contribution in [0.4, 0.5) is 0 Å². The first-order chi connectivity index (χ1) is 13.2. The third kappa shape index (κ3) is 2.33. The molecule has 0 aliphatic rings. The molecule has 27 heavy (non-hydrogen) atoms. The molecule has 0 aliphatic carbocycles. The number of hydrogen-bond donors (Lipinski definition) is 0. The van der Waals surface area contributed by atoms with Gasteiger partial charge in [-0.3, -0.25) is 0 Å². The molecule has 3 aromatic carbocycles. The van der Waals surface area contributed by atoms with Crippen molar-refractivity contribution in [1.29, 1.82) is 0 Å². The number of methoxy groups -OCH3 is 5. The summed E-state index contributed by atoms with van der Waals surface area (Å²) in [6, 6.07) is 7.76. The van der Waals surface area contributed by atoms with Crippen LogP contribution in [0.15, 0.2) is 34.9 Å². The standard InChI is InChI=1S/C21H20O6/c1-22-15-8-12-11-6-7-27-19(11)18-14(13(12)9-16(15)23-2)10-17(24-3)20(25-4)21(18)26-5/h6-10H,1-5H3. The third-order valence-electron chi connectivity index (χ3n) is 4.83. The monoisotopic (exact) mass is 368 g/mol. The zero-order chi connectivity index (χ0) is 19.1. The van der Waals surface area contributed by atoms with Gasteiger partial charge in [0.25, 0.3) is 0 Å². The van der Waals surface area contributed by atoms with Crippen LogP contribution in [0.2, 0.25) is 0 Å². The maximum atomic E-state index is 5.84. The summed E-state index contributed by atoms with van der Waals surface area (Å²) in [6.07, 6.45) is 1.66. The number of benzene rings is 3. The van der Waals surface area contributed by atoms with Crippen molar-refractivity contribution in [3.8, 4) is 28.7 Å². The second-order valence-corrected chi connectivity index (χ2v) is 5.98. The Kier molecular flexibility index (Phi) is 4.11. The van der Waals surface area contributed by atoms with Gasteiger partial charge < -0.3 is 28.1 Å². The molecular weight excluding hydrogens is 348 g/mol. The van der Waals surface area contributed by atoms with Crippen LogP contribution in [0.5, 0.6) is 28.7 Å². The summed E-state index contributed by atoms with van der Waals surface area (Å²) in [6.45, 7) is 0. The third-order valence-corrected chi connectivity index (χ3v) is 4.83. The van der Waals surface area contributed by atoms with Crippen molar-refractivity contribution in [3.63, 3.8) is 0 Å². The van der Waals surface area contributed by atoms with Crippen LogP contribution in [-0.2, 0) is 0 Å². The summed E-state index contributed by atoms with van der Waals surface area (Å²) in [5.41, 5.74) is 0.711. The highest BCUT2D eigenvalue weighted by Gasteiger charge is 2.23. The predicted molar refractivity (Wildman–Crippen MR) is 104 cm³/mol. The molecule has 0 unspecified atom stereocenters. The fourth-order valence-electron chi connectivity index (χ4n) is 3.63. The topological polar surface area (TPSA) is 59.3 Å². The second kappa shape index (κ2) is 6.46. The van der Waals surface area contributed by atoms with E-state index in [0.29, 0.717) is 34.3 Å². The Labute approximate surface area is 156 Å². The van der Waals surface area contributed by atoms with E-state index in [1.807, 2.05) is 24.3 Å². The van der Waals surface area contributed by atoms with E-state index < -0.39 is 0 Å². The summed E-state index contributed by atoms with van der Waals surface area (Å²) < 4.78 is 33.6. The number of fused-ring (bicyclic) bond motifs is 6. The van der Waals surface area contributed by atoms with Gasteiger partial charge in [0.15, 0.2) is 23.0 Å². The van der Waals surface area contributed by atoms with Crippen molar-refractivity contribution >= 4 is 32.5 Å². The summed E-state index contributed by atoms with van der Waals surface area (Å²) in [5.74, 6) is 2.94. The first-order valence-electron chi connectivity index (χ1n) is 8.36. The van der Waals surface area contributed by atoms with Gasteiger partial charge in [-0.1, -0.05) is 0 Å². The summed E-state index contributed by atoms with van der Waals surface area (Å²) >= 11 is 0. The van der Waals surface area contributed by atoms with Crippen LogP contribution in [-0.4, -0.2) is 35.5 Å². The van der Waals surface area contributed by atoms with E-state index in [-0.39, 0.29) is 0 Å². The zero-order valence-electron chi connectivity index (χ0n) is 15.8. The first kappa shape index (κ1) is 17.1. The Hall–Kier alpha value is -3.28. The lowest BCUT2D eigenvalue weighted by molar-refractivity contribution is 0.327. The summed E-state index contributed by atoms with van der Waals surface area (Å²) in [5, 5.41) is 4.62. The van der Waals surface area contributed by atoms with Gasteiger partial charge in [0, 0.05) is 10.8 Å². The van der Waals surface area contributed by atoms with Gasteiger partial charge in [0.05, 0.1) is 47.2 Å². The Morgan fingerprint density at radius 1 is 0.593 bits per heavy atom. The molecule has 0 saturated heterocycles. The van der Waals surface area contributed by atoms with E-state index >= 15 is 0 Å². The molecule has 1 aromatic heterocycles. The van der Waals surface area contributed by atoms with Crippen LogP contribution in [0.3, 0.4) is 0 Å². The van der Waals surface area contributed by atoms with Gasteiger partial charge in [-0.25, -0.2) is 0 Å². The zero-order valence-corrected chi connectivity index (χ0v) is 15.8. The van der Waals surface area contributed by atoms with Crippen LogP contribution in [0.25, 0.3) is 32.5 Å². The van der Waals surface area contributed by atoms with E-state index in [1.54, 1.807) is 41.8 Å². The second-order valence-electron chi connectivity index (χ2n) is 5.98. The summed E-state index contributed by atoms with van der Waals surface area (Å²) in [4.78, 5) is 0. The molecule has 0 aliphatic heterocycles. The van der Waals surface area contributed by atoms with Gasteiger partial charge in [0.2, 0.25) is 5.75 Å². The molecule has 0 amide bonds. The number of ether oxygens (including phenoxy) is 5. The lowest BCUT2D eigenvalue weighted by Gasteiger charge is -2.17. The molecule has 4 rings (SSSR count). The van der Waals surface area contributed by atoms with Crippen LogP contribution < -0.4 is 23.7 Å². The molecule has 1 heterocycles. The predicted octanol–water partition coefficient (Wildman–Crippen LogP) is 4.78. The van der Waals surface area contributed by atoms with E-state index in [9.17, 15) is 0 Å². The SMILES string of the molecule is COc1cc2c(cc1OC)c1cc(OC)c(OC)c(OC)c1c1occc21. The molecule has 0 radical (unpaired) electrons. The van der Waals surface area contributed by atoms with Crippen molar-refractivity contribution in [2.24, 2.45) is 0 Å². The van der Waals surface area contributed by atoms with Gasteiger partial charge in [-0.05, 0) is 35.0 Å². The van der Waals surface area contributed by atoms with Gasteiger partial charge in [0.1, 0.15) is 5.58 Å². The number of hydrogen-bond acceptors (Lipinski definition) is 6. The quantitative estimate of drug-likeness (QED) is 0.473. The minimum atomic E-state index is 0.519. The van der Waals surface area contributed by atoms with Crippen LogP contribution >= 0.6 is 0 Å². The van der Waals surface area contributed by atoms with Gasteiger partial charge in [-0.15, -0.1) is 0 Å². The van der Waals surface area contributed by atoms with Crippen molar-refractivity contribution in [1.82, 2.24) is 0 Å². The molecule has 0 atom stereocenters. The lowest BCUT2D eigenvalue weighted by atomic mass is 9.96. The van der Waals surface area contributed by atoms with Gasteiger partial charge in [-0.2, -0.15) is 0 Å².